The maximum absolute atomic E-state index is 12.9. The number of thiophene rings is 1. The zero-order valence-electron chi connectivity index (χ0n) is 19.2. The fourth-order valence-electron chi connectivity index (χ4n) is 5.30. The molecule has 2 aromatic heterocycles. The van der Waals surface area contributed by atoms with Gasteiger partial charge >= 0.3 is 11.9 Å². The molecule has 0 bridgehead atoms. The van der Waals surface area contributed by atoms with E-state index in [4.69, 9.17) is 0 Å². The molecule has 3 aromatic rings. The van der Waals surface area contributed by atoms with E-state index in [9.17, 15) is 22.8 Å². The lowest BCUT2D eigenvalue weighted by molar-refractivity contribution is -0.137. The Labute approximate surface area is 211 Å². The normalized spacial score (nSPS) is 21.5. The van der Waals surface area contributed by atoms with Gasteiger partial charge in [0.1, 0.15) is 0 Å². The molecule has 5 rings (SSSR count). The molecule has 0 amide bonds. The van der Waals surface area contributed by atoms with E-state index < -0.39 is 17.4 Å². The third-order valence-electron chi connectivity index (χ3n) is 7.24. The molecule has 2 fully saturated rings. The highest BCUT2D eigenvalue weighted by Crippen LogP contribution is 2.59. The number of likely N-dealkylation sites (tertiary alicyclic amines) is 1. The summed E-state index contributed by atoms with van der Waals surface area (Å²) in [5.74, 6) is 0.502. The summed E-state index contributed by atoms with van der Waals surface area (Å²) in [5, 5.41) is 1.93. The van der Waals surface area contributed by atoms with Gasteiger partial charge in [-0.2, -0.15) is 13.2 Å². The Hall–Kier alpha value is -2.36. The lowest BCUT2D eigenvalue weighted by Crippen LogP contribution is -2.31. The first-order valence-electron chi connectivity index (χ1n) is 11.5. The number of H-pyrrole nitrogens is 1. The minimum Gasteiger partial charge on any atom is -0.302 e. The van der Waals surface area contributed by atoms with Gasteiger partial charge in [0.05, 0.1) is 11.1 Å². The number of aromatic amines is 1. The molecule has 1 saturated heterocycles. The number of hydrogen-bond donors (Lipinski definition) is 1. The Morgan fingerprint density at radius 3 is 2.49 bits per heavy atom. The molecular formula is C25H27ClF3N3O2S. The molecule has 1 unspecified atom stereocenters. The van der Waals surface area contributed by atoms with Crippen molar-refractivity contribution in [1.29, 1.82) is 0 Å². The van der Waals surface area contributed by atoms with Crippen molar-refractivity contribution in [1.82, 2.24) is 14.5 Å². The minimum atomic E-state index is -4.31. The predicted octanol–water partition coefficient (Wildman–Crippen LogP) is 5.07. The highest BCUT2D eigenvalue weighted by molar-refractivity contribution is 7.13. The molecule has 1 aromatic carbocycles. The molecule has 3 heterocycles. The maximum atomic E-state index is 12.9. The van der Waals surface area contributed by atoms with E-state index in [2.05, 4.69) is 9.88 Å². The quantitative estimate of drug-likeness (QED) is 0.438. The molecule has 5 nitrogen and oxygen atoms in total. The van der Waals surface area contributed by atoms with E-state index in [1.165, 1.54) is 23.5 Å². The van der Waals surface area contributed by atoms with Crippen molar-refractivity contribution >= 4 is 23.7 Å². The fourth-order valence-corrected chi connectivity index (χ4v) is 6.23. The Kier molecular flexibility index (Phi) is 7.05. The topological polar surface area (TPSA) is 58.1 Å². The van der Waals surface area contributed by atoms with Crippen molar-refractivity contribution in [3.63, 3.8) is 0 Å². The van der Waals surface area contributed by atoms with Gasteiger partial charge < -0.3 is 4.90 Å². The number of nitrogens with zero attached hydrogens (tertiary/aromatic N) is 2. The van der Waals surface area contributed by atoms with Crippen molar-refractivity contribution in [2.24, 2.45) is 5.92 Å². The van der Waals surface area contributed by atoms with Gasteiger partial charge in [-0.05, 0) is 73.4 Å². The SMILES string of the molecule is Cc1ccsc1-c1cn(CCCCN2CC3C[C@]3(c3ccc(C(F)(F)F)cc3)C2)c(=O)[nH]c1=O.Cl. The first kappa shape index (κ1) is 25.7. The summed E-state index contributed by atoms with van der Waals surface area (Å²) in [7, 11) is 0. The highest BCUT2D eigenvalue weighted by Gasteiger charge is 2.60. The third kappa shape index (κ3) is 4.99. The van der Waals surface area contributed by atoms with Gasteiger partial charge in [-0.1, -0.05) is 12.1 Å². The van der Waals surface area contributed by atoms with Gasteiger partial charge in [-0.25, -0.2) is 4.79 Å². The average Bonchev–Trinajstić information content (AvgIpc) is 3.10. The van der Waals surface area contributed by atoms with Crippen LogP contribution < -0.4 is 11.2 Å². The summed E-state index contributed by atoms with van der Waals surface area (Å²) >= 11 is 1.48. The van der Waals surface area contributed by atoms with Crippen LogP contribution in [-0.4, -0.2) is 34.1 Å². The molecule has 1 aliphatic carbocycles. The Bertz CT molecular complexity index is 1310. The monoisotopic (exact) mass is 525 g/mol. The summed E-state index contributed by atoms with van der Waals surface area (Å²) < 4.78 is 40.2. The van der Waals surface area contributed by atoms with Crippen molar-refractivity contribution in [2.45, 2.75) is 44.3 Å². The molecule has 188 valence electrons. The van der Waals surface area contributed by atoms with Crippen LogP contribution in [0.3, 0.4) is 0 Å². The first-order valence-corrected chi connectivity index (χ1v) is 12.3. The second kappa shape index (κ2) is 9.59. The van der Waals surface area contributed by atoms with E-state index in [-0.39, 0.29) is 23.4 Å². The number of halogens is 4. The van der Waals surface area contributed by atoms with Crippen LogP contribution in [0.4, 0.5) is 13.2 Å². The van der Waals surface area contributed by atoms with Crippen LogP contribution in [0.25, 0.3) is 10.4 Å². The number of piperidine rings is 1. The van der Waals surface area contributed by atoms with Crippen LogP contribution in [0.2, 0.25) is 0 Å². The van der Waals surface area contributed by atoms with E-state index in [0.29, 0.717) is 18.0 Å². The summed E-state index contributed by atoms with van der Waals surface area (Å²) in [6.07, 6.45) is 0.0765. The number of rotatable bonds is 7. The predicted molar refractivity (Wildman–Crippen MR) is 134 cm³/mol. The largest absolute Gasteiger partial charge is 0.416 e. The second-order valence-corrected chi connectivity index (χ2v) is 10.4. The molecule has 0 spiro atoms. The van der Waals surface area contributed by atoms with E-state index in [1.54, 1.807) is 22.9 Å². The maximum Gasteiger partial charge on any atom is 0.416 e. The molecular weight excluding hydrogens is 499 g/mol. The van der Waals surface area contributed by atoms with Crippen molar-refractivity contribution in [2.75, 3.05) is 19.6 Å². The number of fused-ring (bicyclic) bond motifs is 1. The summed E-state index contributed by atoms with van der Waals surface area (Å²) in [4.78, 5) is 30.2. The zero-order valence-corrected chi connectivity index (χ0v) is 20.9. The van der Waals surface area contributed by atoms with Crippen LogP contribution in [0.15, 0.2) is 51.5 Å². The molecule has 1 aliphatic heterocycles. The molecule has 35 heavy (non-hydrogen) atoms. The van der Waals surface area contributed by atoms with E-state index >= 15 is 0 Å². The third-order valence-corrected chi connectivity index (χ3v) is 8.29. The van der Waals surface area contributed by atoms with Crippen LogP contribution in [0.5, 0.6) is 0 Å². The van der Waals surface area contributed by atoms with Gasteiger partial charge in [0.25, 0.3) is 5.56 Å². The number of unbranched alkanes of at least 4 members (excludes halogenated alkanes) is 1. The molecule has 0 radical (unpaired) electrons. The molecule has 2 atom stereocenters. The number of nitrogens with one attached hydrogen (secondary N) is 1. The van der Waals surface area contributed by atoms with Gasteiger partial charge in [0.2, 0.25) is 0 Å². The number of aromatic nitrogens is 2. The highest BCUT2D eigenvalue weighted by atomic mass is 35.5. The Balaban J connectivity index is 0.00000289. The Morgan fingerprint density at radius 2 is 1.83 bits per heavy atom. The number of aryl methyl sites for hydroxylation is 2. The lowest BCUT2D eigenvalue weighted by Gasteiger charge is -2.21. The van der Waals surface area contributed by atoms with Crippen LogP contribution >= 0.6 is 23.7 Å². The van der Waals surface area contributed by atoms with Crippen molar-refractivity contribution < 1.29 is 13.2 Å². The number of alkyl halides is 3. The fraction of sp³-hybridized carbons (Fsp3) is 0.440. The van der Waals surface area contributed by atoms with E-state index in [1.807, 2.05) is 18.4 Å². The average molecular weight is 526 g/mol. The van der Waals surface area contributed by atoms with Gasteiger partial charge in [-0.3, -0.25) is 14.3 Å². The zero-order chi connectivity index (χ0) is 24.1. The summed E-state index contributed by atoms with van der Waals surface area (Å²) in [6.45, 7) is 5.17. The van der Waals surface area contributed by atoms with Crippen LogP contribution in [-0.2, 0) is 18.1 Å². The number of benzene rings is 1. The van der Waals surface area contributed by atoms with E-state index in [0.717, 1.165) is 54.9 Å². The lowest BCUT2D eigenvalue weighted by atomic mass is 9.94. The molecule has 1 N–H and O–H groups in total. The van der Waals surface area contributed by atoms with Crippen molar-refractivity contribution in [3.05, 3.63) is 79.4 Å². The van der Waals surface area contributed by atoms with Gasteiger partial charge in [-0.15, -0.1) is 23.7 Å². The first-order chi connectivity index (χ1) is 16.2. The number of hydrogen-bond acceptors (Lipinski definition) is 4. The molecule has 1 saturated carbocycles. The van der Waals surface area contributed by atoms with Crippen LogP contribution in [0.1, 0.15) is 36.0 Å². The second-order valence-electron chi connectivity index (χ2n) is 9.50. The van der Waals surface area contributed by atoms with Gasteiger partial charge in [0.15, 0.2) is 0 Å². The van der Waals surface area contributed by atoms with Crippen LogP contribution in [0, 0.1) is 12.8 Å². The summed E-state index contributed by atoms with van der Waals surface area (Å²) in [5.41, 5.74) is 1.16. The van der Waals surface area contributed by atoms with Gasteiger partial charge in [0, 0.05) is 36.1 Å². The standard InChI is InChI=1S/C25H26F3N3O2S.ClH/c1-16-8-11-34-21(16)20-14-31(23(33)29-22(20)32)10-3-2-9-30-13-19-12-24(19,15-30)17-4-6-18(7-5-17)25(26,27)28;/h4-8,11,14,19H,2-3,9-10,12-13,15H2,1H3,(H,29,32,33);1H/t19?,24-;/m1./s1. The smallest absolute Gasteiger partial charge is 0.302 e. The summed E-state index contributed by atoms with van der Waals surface area (Å²) in [6, 6.07) is 7.61. The molecule has 2 aliphatic rings. The Morgan fingerprint density at radius 1 is 1.11 bits per heavy atom. The molecule has 10 heteroatoms. The minimum absolute atomic E-state index is 0. The van der Waals surface area contributed by atoms with Crippen molar-refractivity contribution in [3.8, 4) is 10.4 Å².